The number of hydrogen-bond acceptors (Lipinski definition) is 0. The molecule has 0 spiro atoms. The summed E-state index contributed by atoms with van der Waals surface area (Å²) in [5.41, 5.74) is 2.64. The third-order valence-corrected chi connectivity index (χ3v) is 1.82. The maximum absolute atomic E-state index is 7.17. The molecule has 0 fully saturated rings. The molecular weight excluding hydrogens is 132 g/mol. The van der Waals surface area contributed by atoms with Crippen LogP contribution in [0.25, 0.3) is 0 Å². The van der Waals surface area contributed by atoms with Crippen LogP contribution >= 0.6 is 0 Å². The molecule has 0 amide bonds. The highest BCUT2D eigenvalue weighted by molar-refractivity contribution is 5.26. The summed E-state index contributed by atoms with van der Waals surface area (Å²) < 4.78 is 7.17. The number of benzene rings is 1. The Labute approximate surface area is 70.7 Å². The second-order valence-corrected chi connectivity index (χ2v) is 3.95. The van der Waals surface area contributed by atoms with Crippen molar-refractivity contribution in [1.82, 2.24) is 0 Å². The van der Waals surface area contributed by atoms with Gasteiger partial charge in [0, 0.05) is 1.37 Å². The molecule has 0 radical (unpaired) electrons. The van der Waals surface area contributed by atoms with Crippen molar-refractivity contribution >= 4 is 0 Å². The summed E-state index contributed by atoms with van der Waals surface area (Å²) in [6.45, 7) is 6.97. The van der Waals surface area contributed by atoms with Crippen molar-refractivity contribution in [2.45, 2.75) is 33.1 Å². The molecule has 0 aliphatic carbocycles. The van der Waals surface area contributed by atoms with Crippen molar-refractivity contribution in [2.24, 2.45) is 0 Å². The van der Waals surface area contributed by atoms with E-state index in [1.807, 2.05) is 12.1 Å². The Bertz CT molecular complexity index is 241. The van der Waals surface area contributed by atoms with Gasteiger partial charge in [0.25, 0.3) is 0 Å². The maximum Gasteiger partial charge on any atom is 0.0280 e. The van der Waals surface area contributed by atoms with Crippen LogP contribution in [-0.2, 0) is 5.41 Å². The van der Waals surface area contributed by atoms with Crippen molar-refractivity contribution in [3.8, 4) is 0 Å². The molecule has 0 aliphatic heterocycles. The molecule has 0 saturated carbocycles. The lowest BCUT2D eigenvalue weighted by Gasteiger charge is -2.18. The molecule has 0 nitrogen and oxygen atoms in total. The minimum absolute atomic E-state index is 0.223. The molecule has 0 bridgehead atoms. The van der Waals surface area contributed by atoms with Crippen LogP contribution in [0.1, 0.15) is 33.3 Å². The van der Waals surface area contributed by atoms with E-state index in [2.05, 4.69) is 32.9 Å². The monoisotopic (exact) mass is 149 g/mol. The van der Waals surface area contributed by atoms with Crippen LogP contribution in [0, 0.1) is 6.90 Å². The van der Waals surface area contributed by atoms with Crippen LogP contribution in [-0.4, -0.2) is 0 Å². The number of rotatable bonds is 0. The standard InChI is InChI=1S/C11H16/c1-9-5-7-10(8-6-9)11(2,3)4/h5-8H,1-4H3/i1D. The van der Waals surface area contributed by atoms with Crippen LogP contribution in [0.4, 0.5) is 0 Å². The van der Waals surface area contributed by atoms with Gasteiger partial charge in [-0.1, -0.05) is 50.6 Å². The summed E-state index contributed by atoms with van der Waals surface area (Å²) in [6.07, 6.45) is 0. The minimum atomic E-state index is 0.223. The normalized spacial score (nSPS) is 12.8. The molecule has 0 unspecified atom stereocenters. The predicted molar refractivity (Wildman–Crippen MR) is 49.9 cm³/mol. The second-order valence-electron chi connectivity index (χ2n) is 3.95. The highest BCUT2D eigenvalue weighted by atomic mass is 14.2. The van der Waals surface area contributed by atoms with E-state index >= 15 is 0 Å². The summed E-state index contributed by atoms with van der Waals surface area (Å²) in [5, 5.41) is 0. The van der Waals surface area contributed by atoms with Gasteiger partial charge in [0.15, 0.2) is 0 Å². The van der Waals surface area contributed by atoms with Crippen molar-refractivity contribution in [3.05, 3.63) is 35.4 Å². The molecule has 0 aromatic heterocycles. The topological polar surface area (TPSA) is 0 Å². The predicted octanol–water partition coefficient (Wildman–Crippen LogP) is 3.29. The molecule has 1 aromatic rings. The molecule has 11 heavy (non-hydrogen) atoms. The Balaban J connectivity index is 2.93. The molecule has 0 heteroatoms. The van der Waals surface area contributed by atoms with E-state index in [4.69, 9.17) is 1.37 Å². The molecule has 1 rings (SSSR count). The van der Waals surface area contributed by atoms with E-state index in [9.17, 15) is 0 Å². The first-order chi connectivity index (χ1) is 5.54. The van der Waals surface area contributed by atoms with Gasteiger partial charge in [0.2, 0.25) is 0 Å². The highest BCUT2D eigenvalue weighted by Gasteiger charge is 2.11. The van der Waals surface area contributed by atoms with E-state index in [1.165, 1.54) is 5.56 Å². The lowest BCUT2D eigenvalue weighted by atomic mass is 9.87. The largest absolute Gasteiger partial charge is 0.0590 e. The smallest absolute Gasteiger partial charge is 0.0280 e. The van der Waals surface area contributed by atoms with Gasteiger partial charge in [-0.05, 0) is 17.9 Å². The molecule has 0 atom stereocenters. The van der Waals surface area contributed by atoms with Crippen LogP contribution in [0.5, 0.6) is 0 Å². The Morgan fingerprint density at radius 3 is 2.00 bits per heavy atom. The molecular formula is C11H16. The van der Waals surface area contributed by atoms with E-state index in [-0.39, 0.29) is 5.41 Å². The van der Waals surface area contributed by atoms with Crippen molar-refractivity contribution < 1.29 is 1.37 Å². The summed E-state index contributed by atoms with van der Waals surface area (Å²) >= 11 is 0. The SMILES string of the molecule is [2H]Cc1ccc(C(C)(C)C)cc1. The molecule has 1 aromatic carbocycles. The van der Waals surface area contributed by atoms with Gasteiger partial charge in [0.05, 0.1) is 0 Å². The van der Waals surface area contributed by atoms with E-state index in [0.717, 1.165) is 5.56 Å². The molecule has 0 N–H and O–H groups in total. The minimum Gasteiger partial charge on any atom is -0.0590 e. The molecule has 0 aliphatic rings. The Morgan fingerprint density at radius 2 is 1.64 bits per heavy atom. The fourth-order valence-electron chi connectivity index (χ4n) is 1.00. The van der Waals surface area contributed by atoms with Crippen LogP contribution in [0.2, 0.25) is 0 Å². The summed E-state index contributed by atoms with van der Waals surface area (Å²) in [4.78, 5) is 0. The highest BCUT2D eigenvalue weighted by Crippen LogP contribution is 2.21. The zero-order valence-electron chi connectivity index (χ0n) is 8.52. The van der Waals surface area contributed by atoms with Crippen LogP contribution in [0.15, 0.2) is 24.3 Å². The summed E-state index contributed by atoms with van der Waals surface area (Å²) in [6, 6.07) is 8.30. The Morgan fingerprint density at radius 1 is 1.09 bits per heavy atom. The van der Waals surface area contributed by atoms with Gasteiger partial charge in [-0.2, -0.15) is 0 Å². The zero-order valence-corrected chi connectivity index (χ0v) is 7.52. The second kappa shape index (κ2) is 2.69. The Kier molecular flexibility index (Phi) is 1.69. The number of hydrogen-bond donors (Lipinski definition) is 0. The third-order valence-electron chi connectivity index (χ3n) is 1.82. The Hall–Kier alpha value is -0.780. The van der Waals surface area contributed by atoms with Crippen molar-refractivity contribution in [3.63, 3.8) is 0 Å². The van der Waals surface area contributed by atoms with Crippen molar-refractivity contribution in [1.29, 1.82) is 0 Å². The van der Waals surface area contributed by atoms with Gasteiger partial charge >= 0.3 is 0 Å². The van der Waals surface area contributed by atoms with Gasteiger partial charge in [-0.15, -0.1) is 0 Å². The van der Waals surface area contributed by atoms with Gasteiger partial charge in [-0.25, -0.2) is 0 Å². The average molecular weight is 149 g/mol. The van der Waals surface area contributed by atoms with Crippen LogP contribution < -0.4 is 0 Å². The quantitative estimate of drug-likeness (QED) is 0.531. The van der Waals surface area contributed by atoms with Gasteiger partial charge in [0.1, 0.15) is 0 Å². The first-order valence-electron chi connectivity index (χ1n) is 4.63. The van der Waals surface area contributed by atoms with Gasteiger partial charge in [-0.3, -0.25) is 0 Å². The fraction of sp³-hybridized carbons (Fsp3) is 0.455. The first-order valence-corrected chi connectivity index (χ1v) is 3.92. The average Bonchev–Trinajstić information content (AvgIpc) is 2.03. The number of aryl methyl sites for hydroxylation is 1. The molecule has 60 valence electrons. The first kappa shape index (κ1) is 6.90. The lowest BCUT2D eigenvalue weighted by Crippen LogP contribution is -2.10. The zero-order chi connectivity index (χ0) is 9.19. The molecule has 0 saturated heterocycles. The van der Waals surface area contributed by atoms with E-state index < -0.39 is 0 Å². The summed E-state index contributed by atoms with van der Waals surface area (Å²) in [7, 11) is 0. The lowest BCUT2D eigenvalue weighted by molar-refractivity contribution is 0.590. The third kappa shape index (κ3) is 2.07. The summed E-state index contributed by atoms with van der Waals surface area (Å²) in [5.74, 6) is 0. The molecule has 0 heterocycles. The fourth-order valence-corrected chi connectivity index (χ4v) is 1.00. The van der Waals surface area contributed by atoms with Gasteiger partial charge < -0.3 is 0 Å². The van der Waals surface area contributed by atoms with E-state index in [1.54, 1.807) is 0 Å². The van der Waals surface area contributed by atoms with E-state index in [0.29, 0.717) is 6.90 Å². The maximum atomic E-state index is 7.17. The van der Waals surface area contributed by atoms with Crippen LogP contribution in [0.3, 0.4) is 0 Å². The van der Waals surface area contributed by atoms with Crippen molar-refractivity contribution in [2.75, 3.05) is 0 Å².